The second-order valence-corrected chi connectivity index (χ2v) is 20.6. The van der Waals surface area contributed by atoms with Crippen molar-refractivity contribution in [1.29, 1.82) is 0 Å². The summed E-state index contributed by atoms with van der Waals surface area (Å²) in [6, 6.07) is 48.4. The molecule has 9 heterocycles. The Morgan fingerprint density at radius 1 is 0.322 bits per heavy atom. The van der Waals surface area contributed by atoms with E-state index in [-0.39, 0.29) is 0 Å². The summed E-state index contributed by atoms with van der Waals surface area (Å²) < 4.78 is 7.36. The van der Waals surface area contributed by atoms with Crippen LogP contribution in [0.4, 0.5) is 0 Å². The summed E-state index contributed by atoms with van der Waals surface area (Å²) >= 11 is 0. The molecule has 0 aliphatic heterocycles. The van der Waals surface area contributed by atoms with Gasteiger partial charge in [0.2, 0.25) is 0 Å². The van der Waals surface area contributed by atoms with Gasteiger partial charge in [0.25, 0.3) is 0 Å². The van der Waals surface area contributed by atoms with E-state index in [0.29, 0.717) is 0 Å². The van der Waals surface area contributed by atoms with Crippen LogP contribution in [0, 0.1) is 0 Å². The number of nitrogens with zero attached hydrogens (tertiary/aromatic N) is 6. The van der Waals surface area contributed by atoms with Crippen LogP contribution in [0.1, 0.15) is 0 Å². The first kappa shape index (κ1) is 30.5. The zero-order valence-corrected chi connectivity index (χ0v) is 32.8. The predicted octanol–water partition coefficient (Wildman–Crippen LogP) is 10.4. The molecular weight excluding hydrogens is 737 g/mol. The molecule has 0 radical (unpaired) electrons. The van der Waals surface area contributed by atoms with Crippen molar-refractivity contribution in [3.8, 4) is 0 Å². The van der Waals surface area contributed by atoms with Crippen LogP contribution >= 0.6 is 0 Å². The van der Waals surface area contributed by atoms with Crippen LogP contribution in [0.3, 0.4) is 0 Å². The average Bonchev–Trinajstić information content (AvgIpc) is 4.13. The number of rotatable bonds is 3. The third-order valence-corrected chi connectivity index (χ3v) is 18.4. The zero-order chi connectivity index (χ0) is 38.3. The number of pyridine rings is 3. The molecule has 9 aromatic heterocycles. The highest BCUT2D eigenvalue weighted by Crippen LogP contribution is 2.42. The maximum absolute atomic E-state index is 4.69. The smallest absolute Gasteiger partial charge is 0.145 e. The highest BCUT2D eigenvalue weighted by Gasteiger charge is 2.38. The van der Waals surface area contributed by atoms with Crippen molar-refractivity contribution >= 4 is 138 Å². The SMILES string of the molecule is C[Si](c1cc2c3ccccc3n3c4ccncc4c(c1)c23)(c1cc2c3ccccc3n3c4ccncc4c(c1)c23)c1cc2c3ccccc3n3c4ccncc4c(c1)c23. The Labute approximate surface area is 335 Å². The number of hydrogen-bond acceptors (Lipinski definition) is 3. The third kappa shape index (κ3) is 3.47. The first-order valence-corrected chi connectivity index (χ1v) is 22.7. The minimum Gasteiger partial charge on any atom is -0.308 e. The second kappa shape index (κ2) is 10.3. The lowest BCUT2D eigenvalue weighted by Crippen LogP contribution is -2.64. The standard InChI is InChI=1S/C52H30N6Si/c1-59(29-20-35-32-8-2-5-11-44(32)56-47-14-17-53-26-41(47)38(23-29)50(35)56,30-21-36-33-9-3-6-12-45(33)57-48-15-18-54-27-42(48)39(24-30)51(36)57)31-22-37-34-10-4-7-13-46(34)58-49-16-19-55-28-43(49)40(25-31)52(37)58/h2-28H,1H3. The molecule has 0 amide bonds. The molecule has 15 aromatic rings. The van der Waals surface area contributed by atoms with Gasteiger partial charge < -0.3 is 13.2 Å². The van der Waals surface area contributed by atoms with Crippen molar-refractivity contribution in [3.63, 3.8) is 0 Å². The van der Waals surface area contributed by atoms with Gasteiger partial charge in [-0.25, -0.2) is 0 Å². The van der Waals surface area contributed by atoms with Gasteiger partial charge >= 0.3 is 0 Å². The summed E-state index contributed by atoms with van der Waals surface area (Å²) in [6.07, 6.45) is 12.0. The molecule has 0 aliphatic carbocycles. The minimum absolute atomic E-state index is 1.19. The normalized spacial score (nSPS) is 13.2. The summed E-state index contributed by atoms with van der Waals surface area (Å²) in [5.74, 6) is 0. The highest BCUT2D eigenvalue weighted by molar-refractivity contribution is 7.11. The van der Waals surface area contributed by atoms with Gasteiger partial charge in [-0.1, -0.05) is 97.5 Å². The van der Waals surface area contributed by atoms with Gasteiger partial charge in [0, 0.05) is 102 Å². The number of fused-ring (bicyclic) bond motifs is 18. The fraction of sp³-hybridized carbons (Fsp3) is 0.0192. The summed E-state index contributed by atoms with van der Waals surface area (Å²) in [5.41, 5.74) is 11.1. The van der Waals surface area contributed by atoms with Crippen molar-refractivity contribution in [2.45, 2.75) is 6.55 Å². The maximum Gasteiger partial charge on any atom is 0.145 e. The van der Waals surface area contributed by atoms with Gasteiger partial charge in [0.1, 0.15) is 8.07 Å². The molecule has 0 saturated carbocycles. The van der Waals surface area contributed by atoms with Crippen molar-refractivity contribution in [3.05, 3.63) is 165 Å². The molecule has 0 aliphatic rings. The van der Waals surface area contributed by atoms with E-state index in [1.807, 2.05) is 18.6 Å². The maximum atomic E-state index is 4.69. The van der Waals surface area contributed by atoms with Crippen LogP contribution in [0.25, 0.3) is 114 Å². The van der Waals surface area contributed by atoms with Gasteiger partial charge in [0.05, 0.1) is 49.7 Å². The molecule has 0 spiro atoms. The summed E-state index contributed by atoms with van der Waals surface area (Å²) in [4.78, 5) is 14.1. The highest BCUT2D eigenvalue weighted by atomic mass is 28.3. The lowest BCUT2D eigenvalue weighted by Gasteiger charge is -2.30. The summed E-state index contributed by atoms with van der Waals surface area (Å²) in [7, 11) is -2.94. The Hall–Kier alpha value is -7.61. The van der Waals surface area contributed by atoms with E-state index in [1.165, 1.54) is 130 Å². The number of aromatic nitrogens is 6. The molecule has 0 N–H and O–H groups in total. The lowest BCUT2D eigenvalue weighted by molar-refractivity contribution is 1.32. The Morgan fingerprint density at radius 2 is 0.593 bits per heavy atom. The van der Waals surface area contributed by atoms with Crippen LogP contribution in [-0.2, 0) is 0 Å². The quantitative estimate of drug-likeness (QED) is 0.133. The molecule has 0 saturated heterocycles. The van der Waals surface area contributed by atoms with Crippen molar-refractivity contribution in [1.82, 2.24) is 28.2 Å². The van der Waals surface area contributed by atoms with Gasteiger partial charge in [-0.2, -0.15) is 0 Å². The predicted molar refractivity (Wildman–Crippen MR) is 247 cm³/mol. The molecule has 6 aromatic carbocycles. The van der Waals surface area contributed by atoms with Gasteiger partial charge in [-0.15, -0.1) is 0 Å². The molecule has 15 rings (SSSR count). The number of para-hydroxylation sites is 3. The first-order valence-electron chi connectivity index (χ1n) is 20.2. The molecule has 0 bridgehead atoms. The largest absolute Gasteiger partial charge is 0.308 e. The van der Waals surface area contributed by atoms with Crippen molar-refractivity contribution in [2.24, 2.45) is 0 Å². The van der Waals surface area contributed by atoms with E-state index in [0.717, 1.165) is 0 Å². The molecular formula is C52H30N6Si. The van der Waals surface area contributed by atoms with E-state index in [4.69, 9.17) is 0 Å². The second-order valence-electron chi connectivity index (χ2n) is 16.6. The topological polar surface area (TPSA) is 51.9 Å². The van der Waals surface area contributed by atoms with Crippen LogP contribution in [-0.4, -0.2) is 36.2 Å². The molecule has 272 valence electrons. The van der Waals surface area contributed by atoms with E-state index < -0.39 is 8.07 Å². The first-order chi connectivity index (χ1) is 29.2. The fourth-order valence-electron chi connectivity index (χ4n) is 11.4. The Kier molecular flexibility index (Phi) is 5.31. The average molecular weight is 767 g/mol. The van der Waals surface area contributed by atoms with Crippen LogP contribution in [0.2, 0.25) is 6.55 Å². The summed E-state index contributed by atoms with van der Waals surface area (Å²) in [6.45, 7) is 2.59. The van der Waals surface area contributed by atoms with Gasteiger partial charge in [0.15, 0.2) is 0 Å². The lowest BCUT2D eigenvalue weighted by atomic mass is 10.1. The molecule has 7 heteroatoms. The van der Waals surface area contributed by atoms with Gasteiger partial charge in [-0.05, 0) is 52.0 Å². The Morgan fingerprint density at radius 3 is 0.915 bits per heavy atom. The van der Waals surface area contributed by atoms with E-state index in [9.17, 15) is 0 Å². The molecule has 6 nitrogen and oxygen atoms in total. The van der Waals surface area contributed by atoms with Crippen LogP contribution in [0.5, 0.6) is 0 Å². The molecule has 0 unspecified atom stereocenters. The van der Waals surface area contributed by atoms with Gasteiger partial charge in [-0.3, -0.25) is 15.0 Å². The van der Waals surface area contributed by atoms with Crippen molar-refractivity contribution < 1.29 is 0 Å². The summed E-state index contributed by atoms with van der Waals surface area (Å²) in [5, 5.41) is 19.1. The zero-order valence-electron chi connectivity index (χ0n) is 31.8. The fourth-order valence-corrected chi connectivity index (χ4v) is 15.0. The number of hydrogen-bond donors (Lipinski definition) is 0. The molecule has 0 atom stereocenters. The van der Waals surface area contributed by atoms with Crippen LogP contribution < -0.4 is 15.6 Å². The Balaban J connectivity index is 1.16. The molecule has 59 heavy (non-hydrogen) atoms. The van der Waals surface area contributed by atoms with E-state index >= 15 is 0 Å². The van der Waals surface area contributed by atoms with E-state index in [2.05, 4.69) is 181 Å². The van der Waals surface area contributed by atoms with E-state index in [1.54, 1.807) is 0 Å². The van der Waals surface area contributed by atoms with Crippen LogP contribution in [0.15, 0.2) is 165 Å². The third-order valence-electron chi connectivity index (χ3n) is 14.0. The monoisotopic (exact) mass is 766 g/mol. The van der Waals surface area contributed by atoms with Crippen molar-refractivity contribution in [2.75, 3.05) is 0 Å². The molecule has 0 fully saturated rings. The minimum atomic E-state index is -2.94. The number of benzene rings is 6. The Bertz CT molecular complexity index is 3600.